The van der Waals surface area contributed by atoms with Gasteiger partial charge in [-0.05, 0) is 54.6 Å². The maximum atomic E-state index is 12.4. The number of sulfonamides is 1. The predicted molar refractivity (Wildman–Crippen MR) is 114 cm³/mol. The van der Waals surface area contributed by atoms with Crippen molar-refractivity contribution < 1.29 is 13.5 Å². The first-order valence-corrected chi connectivity index (χ1v) is 10.7. The van der Waals surface area contributed by atoms with Crippen LogP contribution in [0.15, 0.2) is 81.3 Å². The Balaban J connectivity index is 1.59. The van der Waals surface area contributed by atoms with Crippen LogP contribution in [0.25, 0.3) is 10.8 Å². The van der Waals surface area contributed by atoms with E-state index in [9.17, 15) is 13.5 Å². The van der Waals surface area contributed by atoms with Gasteiger partial charge in [-0.15, -0.1) is 16.5 Å². The van der Waals surface area contributed by atoms with E-state index in [0.717, 1.165) is 5.39 Å². The van der Waals surface area contributed by atoms with Gasteiger partial charge in [-0.3, -0.25) is 4.72 Å². The number of thiazole rings is 1. The Hall–Kier alpha value is -3.50. The molecule has 4 N–H and O–H groups in total. The number of nitrogens with two attached hydrogens (primary N) is 1. The third kappa shape index (κ3) is 4.03. The van der Waals surface area contributed by atoms with E-state index < -0.39 is 10.0 Å². The number of fused-ring (bicyclic) bond motifs is 1. The van der Waals surface area contributed by atoms with Crippen molar-refractivity contribution in [3.05, 3.63) is 66.2 Å². The molecule has 3 aromatic carbocycles. The Kier molecular flexibility index (Phi) is 4.87. The first-order chi connectivity index (χ1) is 13.9. The van der Waals surface area contributed by atoms with Crippen molar-refractivity contribution >= 4 is 54.3 Å². The highest BCUT2D eigenvalue weighted by molar-refractivity contribution is 7.93. The molecule has 4 rings (SSSR count). The Labute approximate surface area is 170 Å². The van der Waals surface area contributed by atoms with Crippen LogP contribution >= 0.6 is 11.3 Å². The molecule has 0 fully saturated rings. The van der Waals surface area contributed by atoms with E-state index in [-0.39, 0.29) is 10.6 Å². The summed E-state index contributed by atoms with van der Waals surface area (Å²) < 4.78 is 27.1. The van der Waals surface area contributed by atoms with Gasteiger partial charge in [0.2, 0.25) is 0 Å². The Morgan fingerprint density at radius 2 is 1.79 bits per heavy atom. The highest BCUT2D eigenvalue weighted by Crippen LogP contribution is 2.34. The lowest BCUT2D eigenvalue weighted by Gasteiger charge is -2.06. The van der Waals surface area contributed by atoms with Crippen molar-refractivity contribution in [1.29, 1.82) is 0 Å². The zero-order valence-corrected chi connectivity index (χ0v) is 16.5. The van der Waals surface area contributed by atoms with Gasteiger partial charge in [-0.2, -0.15) is 5.11 Å². The monoisotopic (exact) mass is 425 g/mol. The molecule has 0 aliphatic heterocycles. The van der Waals surface area contributed by atoms with E-state index in [1.54, 1.807) is 47.8 Å². The van der Waals surface area contributed by atoms with E-state index >= 15 is 0 Å². The molecule has 0 atom stereocenters. The first-order valence-electron chi connectivity index (χ1n) is 8.38. The van der Waals surface area contributed by atoms with Crippen LogP contribution in [0.2, 0.25) is 0 Å². The summed E-state index contributed by atoms with van der Waals surface area (Å²) in [5.41, 5.74) is 7.55. The third-order valence-electron chi connectivity index (χ3n) is 4.09. The van der Waals surface area contributed by atoms with Crippen LogP contribution in [0.4, 0.5) is 22.2 Å². The number of benzene rings is 3. The predicted octanol–water partition coefficient (Wildman–Crippen LogP) is 4.80. The van der Waals surface area contributed by atoms with Gasteiger partial charge >= 0.3 is 0 Å². The van der Waals surface area contributed by atoms with Gasteiger partial charge in [-0.1, -0.05) is 0 Å². The lowest BCUT2D eigenvalue weighted by molar-refractivity contribution is 0.476. The van der Waals surface area contributed by atoms with Crippen LogP contribution in [-0.2, 0) is 10.0 Å². The van der Waals surface area contributed by atoms with Gasteiger partial charge in [0.25, 0.3) is 10.0 Å². The normalized spacial score (nSPS) is 11.9. The molecule has 0 spiro atoms. The molecule has 1 heterocycles. The molecule has 0 saturated carbocycles. The Bertz CT molecular complexity index is 1300. The topological polar surface area (TPSA) is 130 Å². The molecule has 0 saturated heterocycles. The van der Waals surface area contributed by atoms with E-state index in [1.165, 1.54) is 29.7 Å². The summed E-state index contributed by atoms with van der Waals surface area (Å²) in [4.78, 5) is 4.00. The highest BCUT2D eigenvalue weighted by Gasteiger charge is 2.15. The summed E-state index contributed by atoms with van der Waals surface area (Å²) in [7, 11) is -3.72. The fraction of sp³-hybridized carbons (Fsp3) is 0. The van der Waals surface area contributed by atoms with Gasteiger partial charge in [0.05, 0.1) is 16.3 Å². The molecule has 0 aliphatic carbocycles. The fourth-order valence-corrected chi connectivity index (χ4v) is 4.47. The number of aromatic hydroxyl groups is 1. The maximum Gasteiger partial charge on any atom is 0.263 e. The number of nitrogen functional groups attached to an aromatic ring is 1. The third-order valence-corrected chi connectivity index (χ3v) is 6.26. The molecule has 0 aliphatic rings. The van der Waals surface area contributed by atoms with E-state index in [2.05, 4.69) is 19.9 Å². The quantitative estimate of drug-likeness (QED) is 0.312. The van der Waals surface area contributed by atoms with Crippen molar-refractivity contribution in [2.24, 2.45) is 10.2 Å². The number of phenols is 1. The molecule has 1 aromatic heterocycles. The largest absolute Gasteiger partial charge is 0.508 e. The van der Waals surface area contributed by atoms with Crippen molar-refractivity contribution in [3.8, 4) is 5.75 Å². The number of aromatic nitrogens is 1. The molecule has 0 unspecified atom stereocenters. The summed E-state index contributed by atoms with van der Waals surface area (Å²) in [5.74, 6) is 0.0989. The van der Waals surface area contributed by atoms with Crippen molar-refractivity contribution in [1.82, 2.24) is 4.98 Å². The minimum atomic E-state index is -3.72. The van der Waals surface area contributed by atoms with Crippen LogP contribution in [0, 0.1) is 0 Å². The lowest BCUT2D eigenvalue weighted by Crippen LogP contribution is -2.12. The van der Waals surface area contributed by atoms with Gasteiger partial charge < -0.3 is 10.8 Å². The number of azo groups is 1. The van der Waals surface area contributed by atoms with Crippen LogP contribution in [0.1, 0.15) is 0 Å². The van der Waals surface area contributed by atoms with Crippen LogP contribution in [0.5, 0.6) is 5.75 Å². The smallest absolute Gasteiger partial charge is 0.263 e. The average molecular weight is 425 g/mol. The second-order valence-electron chi connectivity index (χ2n) is 6.04. The number of phenolic OH excluding ortho intramolecular Hbond substituents is 1. The van der Waals surface area contributed by atoms with Gasteiger partial charge in [-0.25, -0.2) is 13.4 Å². The molecule has 0 radical (unpaired) electrons. The molecule has 4 aromatic rings. The number of anilines is 2. The Morgan fingerprint density at radius 3 is 2.52 bits per heavy atom. The summed E-state index contributed by atoms with van der Waals surface area (Å²) in [6, 6.07) is 14.2. The second kappa shape index (κ2) is 7.49. The van der Waals surface area contributed by atoms with E-state index in [1.807, 2.05) is 0 Å². The first kappa shape index (κ1) is 18.8. The zero-order valence-electron chi connectivity index (χ0n) is 14.9. The maximum absolute atomic E-state index is 12.4. The molecule has 8 nitrogen and oxygen atoms in total. The standard InChI is InChI=1S/C19H15N5O3S2/c20-17-7-8-18(16-11-13(25)3-6-15(16)17)23-22-12-1-4-14(5-2-12)29(26,27)24-19-21-9-10-28-19/h1-11,25H,20H2,(H,21,24). The summed E-state index contributed by atoms with van der Waals surface area (Å²) in [6.45, 7) is 0. The second-order valence-corrected chi connectivity index (χ2v) is 8.62. The number of rotatable bonds is 5. The molecular formula is C19H15N5O3S2. The zero-order chi connectivity index (χ0) is 20.4. The van der Waals surface area contributed by atoms with Crippen molar-refractivity contribution in [3.63, 3.8) is 0 Å². The molecular weight excluding hydrogens is 410 g/mol. The molecule has 29 heavy (non-hydrogen) atoms. The van der Waals surface area contributed by atoms with Crippen LogP contribution < -0.4 is 10.5 Å². The Morgan fingerprint density at radius 1 is 1.00 bits per heavy atom. The van der Waals surface area contributed by atoms with Gasteiger partial charge in [0, 0.05) is 28.0 Å². The summed E-state index contributed by atoms with van der Waals surface area (Å²) >= 11 is 1.19. The van der Waals surface area contributed by atoms with Gasteiger partial charge in [0.15, 0.2) is 5.13 Å². The van der Waals surface area contributed by atoms with Gasteiger partial charge in [0.1, 0.15) is 5.75 Å². The summed E-state index contributed by atoms with van der Waals surface area (Å²) in [6.07, 6.45) is 1.52. The molecule has 0 amide bonds. The van der Waals surface area contributed by atoms with Crippen LogP contribution in [0.3, 0.4) is 0 Å². The molecule has 10 heteroatoms. The van der Waals surface area contributed by atoms with Crippen LogP contribution in [-0.4, -0.2) is 18.5 Å². The number of nitrogens with zero attached hydrogens (tertiary/aromatic N) is 3. The molecule has 146 valence electrons. The fourth-order valence-electron chi connectivity index (χ4n) is 2.68. The number of hydrogen-bond donors (Lipinski definition) is 3. The van der Waals surface area contributed by atoms with Crippen molar-refractivity contribution in [2.75, 3.05) is 10.5 Å². The van der Waals surface area contributed by atoms with E-state index in [4.69, 9.17) is 5.73 Å². The minimum Gasteiger partial charge on any atom is -0.508 e. The minimum absolute atomic E-state index is 0.0921. The lowest BCUT2D eigenvalue weighted by atomic mass is 10.1. The SMILES string of the molecule is Nc1ccc(N=Nc2ccc(S(=O)(=O)Nc3nccs3)cc2)c2cc(O)ccc12. The van der Waals surface area contributed by atoms with Crippen molar-refractivity contribution in [2.45, 2.75) is 4.90 Å². The highest BCUT2D eigenvalue weighted by atomic mass is 32.2. The number of nitrogens with one attached hydrogen (secondary N) is 1. The number of hydrogen-bond acceptors (Lipinski definition) is 8. The van der Waals surface area contributed by atoms with E-state index in [0.29, 0.717) is 27.6 Å². The average Bonchev–Trinajstić information content (AvgIpc) is 3.20. The molecule has 0 bridgehead atoms. The summed E-state index contributed by atoms with van der Waals surface area (Å²) in [5, 5.41) is 21.5.